The zero-order chi connectivity index (χ0) is 16.1. The summed E-state index contributed by atoms with van der Waals surface area (Å²) in [5.74, 6) is 0.721. The van der Waals surface area contributed by atoms with Crippen LogP contribution in [0.3, 0.4) is 0 Å². The van der Waals surface area contributed by atoms with Crippen LogP contribution in [0.2, 0.25) is 0 Å². The van der Waals surface area contributed by atoms with Gasteiger partial charge in [-0.3, -0.25) is 9.69 Å². The summed E-state index contributed by atoms with van der Waals surface area (Å²) < 4.78 is 5.68. The molecule has 0 aliphatic heterocycles. The fourth-order valence-corrected chi connectivity index (χ4v) is 3.72. The Hall–Kier alpha value is -1.88. The highest BCUT2D eigenvalue weighted by molar-refractivity contribution is 7.13. The second-order valence-corrected chi connectivity index (χ2v) is 6.84. The van der Waals surface area contributed by atoms with Gasteiger partial charge < -0.3 is 4.74 Å². The maximum atomic E-state index is 12.7. The highest BCUT2D eigenvalue weighted by Crippen LogP contribution is 2.29. The predicted molar refractivity (Wildman–Crippen MR) is 93.1 cm³/mol. The molecule has 0 N–H and O–H groups in total. The van der Waals surface area contributed by atoms with Gasteiger partial charge >= 0.3 is 0 Å². The van der Waals surface area contributed by atoms with Gasteiger partial charge in [-0.25, -0.2) is 4.98 Å². The highest BCUT2D eigenvalue weighted by atomic mass is 32.1. The van der Waals surface area contributed by atoms with E-state index in [2.05, 4.69) is 4.98 Å². The molecule has 1 aliphatic carbocycles. The van der Waals surface area contributed by atoms with Crippen molar-refractivity contribution in [2.24, 2.45) is 0 Å². The molecule has 23 heavy (non-hydrogen) atoms. The number of aromatic nitrogens is 1. The Morgan fingerprint density at radius 3 is 2.65 bits per heavy atom. The summed E-state index contributed by atoms with van der Waals surface area (Å²) in [7, 11) is 0. The van der Waals surface area contributed by atoms with E-state index >= 15 is 0 Å². The second kappa shape index (κ2) is 7.59. The van der Waals surface area contributed by atoms with Crippen molar-refractivity contribution >= 4 is 22.4 Å². The lowest BCUT2D eigenvalue weighted by Crippen LogP contribution is -2.44. The van der Waals surface area contributed by atoms with Gasteiger partial charge in [0.05, 0.1) is 0 Å². The van der Waals surface area contributed by atoms with E-state index in [1.807, 2.05) is 41.5 Å². The van der Waals surface area contributed by atoms with Crippen molar-refractivity contribution in [3.63, 3.8) is 0 Å². The standard InChI is InChI=1S/C18H22N2O2S/c1-14-7-9-16(10-8-14)22-13-17(21)20(18-19-11-12-23-18)15-5-3-2-4-6-15/h7-12,15H,2-6,13H2,1H3. The maximum Gasteiger partial charge on any atom is 0.266 e. The Labute approximate surface area is 141 Å². The van der Waals surface area contributed by atoms with Crippen molar-refractivity contribution in [2.75, 3.05) is 11.5 Å². The fourth-order valence-electron chi connectivity index (χ4n) is 2.99. The summed E-state index contributed by atoms with van der Waals surface area (Å²) >= 11 is 1.52. The van der Waals surface area contributed by atoms with Gasteiger partial charge in [0.1, 0.15) is 5.75 Å². The molecule has 0 spiro atoms. The van der Waals surface area contributed by atoms with E-state index in [0.717, 1.165) is 23.7 Å². The molecular formula is C18H22N2O2S. The van der Waals surface area contributed by atoms with Crippen LogP contribution in [-0.4, -0.2) is 23.5 Å². The van der Waals surface area contributed by atoms with Gasteiger partial charge in [0.2, 0.25) is 0 Å². The number of ether oxygens (including phenoxy) is 1. The Bertz CT molecular complexity index is 619. The molecule has 3 rings (SSSR count). The molecule has 1 amide bonds. The van der Waals surface area contributed by atoms with E-state index in [1.54, 1.807) is 6.20 Å². The number of aryl methyl sites for hydroxylation is 1. The van der Waals surface area contributed by atoms with Gasteiger partial charge in [-0.15, -0.1) is 11.3 Å². The molecule has 2 aromatic rings. The van der Waals surface area contributed by atoms with Gasteiger partial charge in [-0.05, 0) is 31.9 Å². The number of hydrogen-bond acceptors (Lipinski definition) is 4. The van der Waals surface area contributed by atoms with Gasteiger partial charge in [-0.2, -0.15) is 0 Å². The van der Waals surface area contributed by atoms with Crippen molar-refractivity contribution in [1.82, 2.24) is 4.98 Å². The van der Waals surface area contributed by atoms with E-state index < -0.39 is 0 Å². The van der Waals surface area contributed by atoms with Gasteiger partial charge in [-0.1, -0.05) is 37.0 Å². The molecule has 0 atom stereocenters. The Morgan fingerprint density at radius 1 is 1.26 bits per heavy atom. The summed E-state index contributed by atoms with van der Waals surface area (Å²) in [5, 5.41) is 2.70. The van der Waals surface area contributed by atoms with E-state index in [-0.39, 0.29) is 18.6 Å². The first-order valence-electron chi connectivity index (χ1n) is 8.15. The Balaban J connectivity index is 1.68. The number of amides is 1. The average molecular weight is 330 g/mol. The molecule has 1 aromatic carbocycles. The van der Waals surface area contributed by atoms with Crippen molar-refractivity contribution in [1.29, 1.82) is 0 Å². The second-order valence-electron chi connectivity index (χ2n) is 5.97. The van der Waals surface area contributed by atoms with Crippen LogP contribution in [-0.2, 0) is 4.79 Å². The average Bonchev–Trinajstić information content (AvgIpc) is 3.10. The number of anilines is 1. The Morgan fingerprint density at radius 2 is 2.00 bits per heavy atom. The van der Waals surface area contributed by atoms with E-state index in [1.165, 1.54) is 36.2 Å². The van der Waals surface area contributed by atoms with E-state index in [9.17, 15) is 4.79 Å². The van der Waals surface area contributed by atoms with Crippen LogP contribution in [0.1, 0.15) is 37.7 Å². The summed E-state index contributed by atoms with van der Waals surface area (Å²) in [5.41, 5.74) is 1.18. The van der Waals surface area contributed by atoms with Crippen LogP contribution < -0.4 is 9.64 Å². The molecule has 1 aromatic heterocycles. The molecular weight excluding hydrogens is 308 g/mol. The molecule has 1 heterocycles. The number of rotatable bonds is 5. The first kappa shape index (κ1) is 16.0. The third kappa shape index (κ3) is 4.10. The van der Waals surface area contributed by atoms with Crippen molar-refractivity contribution in [3.8, 4) is 5.75 Å². The SMILES string of the molecule is Cc1ccc(OCC(=O)N(c2nccs2)C2CCCCC2)cc1. The third-order valence-electron chi connectivity index (χ3n) is 4.22. The molecule has 0 bridgehead atoms. The first-order chi connectivity index (χ1) is 11.2. The zero-order valence-corrected chi connectivity index (χ0v) is 14.2. The van der Waals surface area contributed by atoms with Gasteiger partial charge in [0.15, 0.2) is 11.7 Å². The lowest BCUT2D eigenvalue weighted by Gasteiger charge is -2.32. The molecule has 1 fully saturated rings. The monoisotopic (exact) mass is 330 g/mol. The van der Waals surface area contributed by atoms with E-state index in [4.69, 9.17) is 4.74 Å². The zero-order valence-electron chi connectivity index (χ0n) is 13.4. The van der Waals surface area contributed by atoms with Crippen LogP contribution in [0, 0.1) is 6.92 Å². The number of hydrogen-bond donors (Lipinski definition) is 0. The number of benzene rings is 1. The molecule has 0 radical (unpaired) electrons. The first-order valence-corrected chi connectivity index (χ1v) is 9.03. The number of nitrogens with zero attached hydrogens (tertiary/aromatic N) is 2. The van der Waals surface area contributed by atoms with Crippen molar-refractivity contribution in [2.45, 2.75) is 45.1 Å². The number of thiazole rings is 1. The molecule has 122 valence electrons. The molecule has 0 unspecified atom stereocenters. The minimum atomic E-state index is -0.00701. The van der Waals surface area contributed by atoms with Crippen LogP contribution in [0.5, 0.6) is 5.75 Å². The topological polar surface area (TPSA) is 42.4 Å². The number of carbonyl (C=O) groups is 1. The quantitative estimate of drug-likeness (QED) is 0.825. The van der Waals surface area contributed by atoms with Gasteiger partial charge in [0, 0.05) is 17.6 Å². The van der Waals surface area contributed by atoms with Crippen molar-refractivity contribution in [3.05, 3.63) is 41.4 Å². The summed E-state index contributed by atoms with van der Waals surface area (Å²) in [6.45, 7) is 2.08. The molecule has 5 heteroatoms. The summed E-state index contributed by atoms with van der Waals surface area (Å²) in [4.78, 5) is 19.0. The summed E-state index contributed by atoms with van der Waals surface area (Å²) in [6.07, 6.45) is 7.48. The van der Waals surface area contributed by atoms with E-state index in [0.29, 0.717) is 0 Å². The van der Waals surface area contributed by atoms with Crippen molar-refractivity contribution < 1.29 is 9.53 Å². The predicted octanol–water partition coefficient (Wildman–Crippen LogP) is 4.20. The van der Waals surface area contributed by atoms with Crippen LogP contribution in [0.15, 0.2) is 35.8 Å². The van der Waals surface area contributed by atoms with Crippen LogP contribution in [0.25, 0.3) is 0 Å². The molecule has 1 aliphatic rings. The largest absolute Gasteiger partial charge is 0.484 e. The lowest BCUT2D eigenvalue weighted by atomic mass is 9.94. The summed E-state index contributed by atoms with van der Waals surface area (Å²) in [6, 6.07) is 8.02. The van der Waals surface area contributed by atoms with Crippen LogP contribution in [0.4, 0.5) is 5.13 Å². The normalized spacial score (nSPS) is 15.3. The minimum Gasteiger partial charge on any atom is -0.484 e. The van der Waals surface area contributed by atoms with Gasteiger partial charge in [0.25, 0.3) is 5.91 Å². The smallest absolute Gasteiger partial charge is 0.266 e. The third-order valence-corrected chi connectivity index (χ3v) is 4.99. The molecule has 0 saturated heterocycles. The highest BCUT2D eigenvalue weighted by Gasteiger charge is 2.28. The minimum absolute atomic E-state index is 0.00701. The number of carbonyl (C=O) groups excluding carboxylic acids is 1. The molecule has 4 nitrogen and oxygen atoms in total. The lowest BCUT2D eigenvalue weighted by molar-refractivity contribution is -0.121. The Kier molecular flexibility index (Phi) is 5.28. The fraction of sp³-hybridized carbons (Fsp3) is 0.444. The van der Waals surface area contributed by atoms with Crippen LogP contribution >= 0.6 is 11.3 Å². The molecule has 1 saturated carbocycles. The maximum absolute atomic E-state index is 12.7.